The summed E-state index contributed by atoms with van der Waals surface area (Å²) in [5, 5.41) is 3.25. The third-order valence-corrected chi connectivity index (χ3v) is 7.89. The van der Waals surface area contributed by atoms with Crippen molar-refractivity contribution in [2.45, 2.75) is 30.4 Å². The zero-order chi connectivity index (χ0) is 24.5. The number of hydrogen-bond donors (Lipinski definition) is 2. The van der Waals surface area contributed by atoms with Crippen molar-refractivity contribution in [3.63, 3.8) is 0 Å². The molecule has 0 atom stereocenters. The Morgan fingerprint density at radius 2 is 1.89 bits per heavy atom. The van der Waals surface area contributed by atoms with E-state index in [2.05, 4.69) is 22.5 Å². The van der Waals surface area contributed by atoms with Gasteiger partial charge in [-0.2, -0.15) is 11.8 Å². The van der Waals surface area contributed by atoms with Gasteiger partial charge in [-0.05, 0) is 61.7 Å². The number of allylic oxidation sites excluding steroid dienone is 4. The molecule has 1 aromatic carbocycles. The largest absolute Gasteiger partial charge is 0.405 e. The third kappa shape index (κ3) is 6.13. The van der Waals surface area contributed by atoms with Crippen molar-refractivity contribution >= 4 is 29.6 Å². The van der Waals surface area contributed by atoms with Crippen molar-refractivity contribution in [1.82, 2.24) is 9.97 Å². The molecule has 184 valence electrons. The fourth-order valence-corrected chi connectivity index (χ4v) is 5.58. The number of nitrogens with one attached hydrogen (secondary N) is 1. The summed E-state index contributed by atoms with van der Waals surface area (Å²) in [4.78, 5) is 23.4. The topological polar surface area (TPSA) is 93.4 Å². The Morgan fingerprint density at radius 3 is 2.54 bits per heavy atom. The summed E-state index contributed by atoms with van der Waals surface area (Å²) >= 11 is 1.92. The van der Waals surface area contributed by atoms with E-state index >= 15 is 0 Å². The van der Waals surface area contributed by atoms with Crippen LogP contribution in [0.25, 0.3) is 11.4 Å². The number of anilines is 2. The van der Waals surface area contributed by atoms with E-state index in [0.717, 1.165) is 74.0 Å². The number of benzene rings is 1. The summed E-state index contributed by atoms with van der Waals surface area (Å²) < 4.78 is 5.62. The predicted molar refractivity (Wildman–Crippen MR) is 144 cm³/mol. The van der Waals surface area contributed by atoms with Gasteiger partial charge in [0, 0.05) is 42.2 Å². The second kappa shape index (κ2) is 12.0. The van der Waals surface area contributed by atoms with E-state index in [4.69, 9.17) is 20.4 Å². The molecule has 2 aliphatic rings. The molecule has 1 saturated heterocycles. The molecule has 0 spiro atoms. The van der Waals surface area contributed by atoms with E-state index in [1.54, 1.807) is 18.2 Å². The van der Waals surface area contributed by atoms with Crippen LogP contribution in [0.15, 0.2) is 66.5 Å². The van der Waals surface area contributed by atoms with Crippen LogP contribution in [0.5, 0.6) is 0 Å². The van der Waals surface area contributed by atoms with Crippen LogP contribution in [-0.2, 0) is 14.3 Å². The minimum atomic E-state index is 0.0546. The lowest BCUT2D eigenvalue weighted by Gasteiger charge is -2.31. The molecule has 1 aliphatic carbocycles. The number of rotatable bonds is 9. The SMILES string of the molecule is CSC1(c2cc(N3CCOCC3)nc(-c3ccc(NC(/C=C\C=C/N)=C\C=O)cc3)n2)CCCC1. The molecule has 2 fully saturated rings. The summed E-state index contributed by atoms with van der Waals surface area (Å²) in [6, 6.07) is 10.2. The highest BCUT2D eigenvalue weighted by Gasteiger charge is 2.37. The van der Waals surface area contributed by atoms with Crippen LogP contribution < -0.4 is 16.0 Å². The van der Waals surface area contributed by atoms with Gasteiger partial charge in [-0.3, -0.25) is 4.79 Å². The zero-order valence-electron chi connectivity index (χ0n) is 20.2. The van der Waals surface area contributed by atoms with E-state index in [1.165, 1.54) is 25.1 Å². The number of ether oxygens (including phenoxy) is 1. The van der Waals surface area contributed by atoms with Gasteiger partial charge in [0.2, 0.25) is 0 Å². The van der Waals surface area contributed by atoms with Crippen molar-refractivity contribution in [2.75, 3.05) is 42.8 Å². The number of carbonyl (C=O) groups is 1. The molecular weight excluding hydrogens is 458 g/mol. The predicted octanol–water partition coefficient (Wildman–Crippen LogP) is 4.64. The van der Waals surface area contributed by atoms with Crippen molar-refractivity contribution < 1.29 is 9.53 Å². The van der Waals surface area contributed by atoms with E-state index in [1.807, 2.05) is 36.0 Å². The molecule has 2 aromatic rings. The Balaban J connectivity index is 1.64. The van der Waals surface area contributed by atoms with Crippen LogP contribution in [0, 0.1) is 0 Å². The number of thioether (sulfide) groups is 1. The first-order valence-corrected chi connectivity index (χ1v) is 13.3. The van der Waals surface area contributed by atoms with Crippen LogP contribution in [0.2, 0.25) is 0 Å². The molecule has 1 aliphatic heterocycles. The fourth-order valence-electron chi connectivity index (χ4n) is 4.57. The maximum Gasteiger partial charge on any atom is 0.161 e. The van der Waals surface area contributed by atoms with Crippen LogP contribution in [0.1, 0.15) is 31.4 Å². The van der Waals surface area contributed by atoms with Gasteiger partial charge in [-0.15, -0.1) is 0 Å². The van der Waals surface area contributed by atoms with Gasteiger partial charge in [0.25, 0.3) is 0 Å². The number of nitrogens with zero attached hydrogens (tertiary/aromatic N) is 3. The highest BCUT2D eigenvalue weighted by Crippen LogP contribution is 2.48. The molecule has 3 N–H and O–H groups in total. The summed E-state index contributed by atoms with van der Waals surface area (Å²) in [7, 11) is 0. The monoisotopic (exact) mass is 491 g/mol. The molecule has 0 radical (unpaired) electrons. The number of carbonyl (C=O) groups excluding carboxylic acids is 1. The Hall–Kier alpha value is -3.10. The number of nitrogens with two attached hydrogens (primary N) is 1. The van der Waals surface area contributed by atoms with E-state index in [9.17, 15) is 4.79 Å². The molecule has 35 heavy (non-hydrogen) atoms. The van der Waals surface area contributed by atoms with Gasteiger partial charge in [-0.25, -0.2) is 9.97 Å². The molecule has 8 heteroatoms. The molecule has 1 saturated carbocycles. The van der Waals surface area contributed by atoms with Gasteiger partial charge in [0.05, 0.1) is 23.7 Å². The molecule has 4 rings (SSSR count). The first kappa shape index (κ1) is 25.0. The number of hydrogen-bond acceptors (Lipinski definition) is 8. The summed E-state index contributed by atoms with van der Waals surface area (Å²) in [6.07, 6.45) is 15.9. The molecule has 2 heterocycles. The number of morpholine rings is 1. The van der Waals surface area contributed by atoms with Gasteiger partial charge < -0.3 is 20.7 Å². The number of aromatic nitrogens is 2. The van der Waals surface area contributed by atoms with Crippen molar-refractivity contribution in [3.05, 3.63) is 72.2 Å². The Kier molecular flexibility index (Phi) is 8.60. The maximum absolute atomic E-state index is 11.0. The molecular formula is C27H33N5O2S. The van der Waals surface area contributed by atoms with Gasteiger partial charge in [0.15, 0.2) is 5.82 Å². The van der Waals surface area contributed by atoms with Crippen LogP contribution in [0.3, 0.4) is 0 Å². The minimum absolute atomic E-state index is 0.0546. The quantitative estimate of drug-likeness (QED) is 0.298. The normalized spacial score (nSPS) is 18.4. The van der Waals surface area contributed by atoms with Crippen LogP contribution in [-0.4, -0.2) is 48.8 Å². The Bertz CT molecular complexity index is 1090. The van der Waals surface area contributed by atoms with Gasteiger partial charge >= 0.3 is 0 Å². The average Bonchev–Trinajstić information content (AvgIpc) is 3.40. The highest BCUT2D eigenvalue weighted by molar-refractivity contribution is 7.99. The second-order valence-electron chi connectivity index (χ2n) is 8.64. The lowest BCUT2D eigenvalue weighted by molar-refractivity contribution is -0.104. The molecule has 7 nitrogen and oxygen atoms in total. The minimum Gasteiger partial charge on any atom is -0.405 e. The smallest absolute Gasteiger partial charge is 0.161 e. The Morgan fingerprint density at radius 1 is 1.14 bits per heavy atom. The Labute approximate surface area is 211 Å². The number of aldehydes is 1. The van der Waals surface area contributed by atoms with Crippen LogP contribution in [0.4, 0.5) is 11.5 Å². The standard InChI is InChI=1S/C27H33N5O2S/c1-35-27(12-3-4-13-27)24-20-25(32-15-18-34-19-16-32)31-26(30-24)21-7-9-23(10-8-21)29-22(11-17-33)6-2-5-14-28/h2,5-11,14,17,20,29H,3-4,12-13,15-16,18-19,28H2,1H3/b6-2-,14-5-,22-11-. The van der Waals surface area contributed by atoms with Crippen molar-refractivity contribution in [2.24, 2.45) is 5.73 Å². The first-order valence-electron chi connectivity index (χ1n) is 12.0. The zero-order valence-corrected chi connectivity index (χ0v) is 21.0. The average molecular weight is 492 g/mol. The second-order valence-corrected chi connectivity index (χ2v) is 9.83. The molecule has 0 amide bonds. The van der Waals surface area contributed by atoms with Crippen molar-refractivity contribution in [1.29, 1.82) is 0 Å². The lowest BCUT2D eigenvalue weighted by Crippen LogP contribution is -2.37. The molecule has 0 unspecified atom stereocenters. The van der Waals surface area contributed by atoms with Crippen LogP contribution >= 0.6 is 11.8 Å². The molecule has 1 aromatic heterocycles. The van der Waals surface area contributed by atoms with E-state index < -0.39 is 0 Å². The van der Waals surface area contributed by atoms with E-state index in [-0.39, 0.29) is 4.75 Å². The highest BCUT2D eigenvalue weighted by atomic mass is 32.2. The molecule has 0 bridgehead atoms. The van der Waals surface area contributed by atoms with Crippen molar-refractivity contribution in [3.8, 4) is 11.4 Å². The van der Waals surface area contributed by atoms with Gasteiger partial charge in [-0.1, -0.05) is 18.9 Å². The van der Waals surface area contributed by atoms with Gasteiger partial charge in [0.1, 0.15) is 12.1 Å². The third-order valence-electron chi connectivity index (χ3n) is 6.49. The van der Waals surface area contributed by atoms with E-state index in [0.29, 0.717) is 5.70 Å². The summed E-state index contributed by atoms with van der Waals surface area (Å²) in [6.45, 7) is 3.11. The first-order chi connectivity index (χ1) is 17.2. The maximum atomic E-state index is 11.0. The lowest BCUT2D eigenvalue weighted by atomic mass is 10.0. The summed E-state index contributed by atoms with van der Waals surface area (Å²) in [5.74, 6) is 1.72. The summed E-state index contributed by atoms with van der Waals surface area (Å²) in [5.41, 5.74) is 9.00. The fraction of sp³-hybridized carbons (Fsp3) is 0.370.